The number of carbonyl (C=O) groups excluding carboxylic acids is 2. The van der Waals surface area contributed by atoms with Gasteiger partial charge in [0, 0.05) is 18.4 Å². The van der Waals surface area contributed by atoms with Gasteiger partial charge < -0.3 is 14.2 Å². The second kappa shape index (κ2) is 30.6. The third-order valence-corrected chi connectivity index (χ3v) is 13.2. The highest BCUT2D eigenvalue weighted by molar-refractivity contribution is 6.16. The molecule has 0 spiro atoms. The minimum atomic E-state index is -1.37. The van der Waals surface area contributed by atoms with Gasteiger partial charge >= 0.3 is 11.9 Å². The SMILES string of the molecule is CCCCCCCCCCCCCCCC(=O)OC([SiH3])(c1ccccc1)C(COC(C)(C)C)(OC(=O)CCCCCCCCCCCCCCC)c1ccccc1. The number of carbonyl (C=O) groups is 2. The van der Waals surface area contributed by atoms with Gasteiger partial charge in [0.05, 0.1) is 22.5 Å². The van der Waals surface area contributed by atoms with Crippen molar-refractivity contribution >= 4 is 22.2 Å². The van der Waals surface area contributed by atoms with Crippen LogP contribution < -0.4 is 0 Å². The van der Waals surface area contributed by atoms with Crippen LogP contribution in [0.2, 0.25) is 0 Å². The molecule has 0 aliphatic heterocycles. The van der Waals surface area contributed by atoms with Gasteiger partial charge in [0.15, 0.2) is 10.8 Å². The first-order valence-corrected chi connectivity index (χ1v) is 24.8. The normalized spacial score (nSPS) is 13.9. The van der Waals surface area contributed by atoms with Crippen molar-refractivity contribution in [2.24, 2.45) is 0 Å². The summed E-state index contributed by atoms with van der Waals surface area (Å²) in [7, 11) is 0.370. The number of hydrogen-bond acceptors (Lipinski definition) is 5. The van der Waals surface area contributed by atoms with Gasteiger partial charge in [-0.1, -0.05) is 229 Å². The summed E-state index contributed by atoms with van der Waals surface area (Å²) in [4.78, 5) is 28.0. The molecule has 0 saturated heterocycles. The quantitative estimate of drug-likeness (QED) is 0.0394. The van der Waals surface area contributed by atoms with Crippen molar-refractivity contribution in [3.63, 3.8) is 0 Å². The first-order chi connectivity index (χ1) is 27.6. The van der Waals surface area contributed by atoms with Gasteiger partial charge in [-0.05, 0) is 39.2 Å². The predicted molar refractivity (Wildman–Crippen MR) is 245 cm³/mol. The van der Waals surface area contributed by atoms with Crippen molar-refractivity contribution in [3.8, 4) is 0 Å². The van der Waals surface area contributed by atoms with Gasteiger partial charge in [-0.3, -0.25) is 9.59 Å². The average molecular weight is 807 g/mol. The second-order valence-corrected chi connectivity index (χ2v) is 19.3. The molecule has 2 unspecified atom stereocenters. The lowest BCUT2D eigenvalue weighted by atomic mass is 9.83. The van der Waals surface area contributed by atoms with E-state index in [1.54, 1.807) is 0 Å². The van der Waals surface area contributed by atoms with Crippen LogP contribution in [-0.4, -0.2) is 34.4 Å². The summed E-state index contributed by atoms with van der Waals surface area (Å²) in [5.41, 5.74) is -0.278. The molecule has 0 aliphatic rings. The molecule has 0 aromatic heterocycles. The Morgan fingerprint density at radius 2 is 0.772 bits per heavy atom. The van der Waals surface area contributed by atoms with E-state index in [0.717, 1.165) is 49.7 Å². The highest BCUT2D eigenvalue weighted by atomic mass is 28.1. The molecule has 0 radical (unpaired) electrons. The van der Waals surface area contributed by atoms with Crippen LogP contribution in [0.3, 0.4) is 0 Å². The van der Waals surface area contributed by atoms with Crippen LogP contribution in [0, 0.1) is 0 Å². The standard InChI is InChI=1S/C51H86O5Si/c1-6-8-10-12-14-16-18-20-22-24-26-28-36-42-47(52)55-50(44-54-49(3,4)5,45-38-32-30-33-39-45)51(57,46-40-34-31-35-41-46)56-48(53)43-37-29-27-25-23-21-19-17-15-13-11-9-7-2/h30-35,38-41H,6-29,36-37,42-44H2,1-5,57H3. The molecule has 2 aromatic carbocycles. The summed E-state index contributed by atoms with van der Waals surface area (Å²) in [5.74, 6) is -0.524. The number of hydrogen-bond donors (Lipinski definition) is 0. The minimum absolute atomic E-state index is 0.0648. The van der Waals surface area contributed by atoms with Crippen LogP contribution in [0.25, 0.3) is 0 Å². The maximum absolute atomic E-state index is 14.0. The predicted octanol–water partition coefficient (Wildman–Crippen LogP) is 14.0. The summed E-state index contributed by atoms with van der Waals surface area (Å²) in [6, 6.07) is 19.8. The molecule has 0 heterocycles. The molecule has 0 saturated carbocycles. The van der Waals surface area contributed by atoms with E-state index < -0.39 is 16.4 Å². The zero-order valence-electron chi connectivity index (χ0n) is 37.8. The van der Waals surface area contributed by atoms with Crippen molar-refractivity contribution < 1.29 is 23.8 Å². The van der Waals surface area contributed by atoms with E-state index in [1.165, 1.54) is 128 Å². The van der Waals surface area contributed by atoms with Gasteiger partial charge in [-0.15, -0.1) is 0 Å². The summed E-state index contributed by atoms with van der Waals surface area (Å²) in [6.07, 6.45) is 33.1. The van der Waals surface area contributed by atoms with E-state index in [1.807, 2.05) is 81.4 Å². The molecule has 0 N–H and O–H groups in total. The van der Waals surface area contributed by atoms with E-state index in [2.05, 4.69) is 13.8 Å². The Labute approximate surface area is 354 Å². The Kier molecular flexibility index (Phi) is 27.2. The maximum Gasteiger partial charge on any atom is 0.306 e. The molecule has 2 atom stereocenters. The molecule has 324 valence electrons. The number of ether oxygens (including phenoxy) is 3. The smallest absolute Gasteiger partial charge is 0.306 e. The molecule has 0 aliphatic carbocycles. The second-order valence-electron chi connectivity index (χ2n) is 17.9. The fourth-order valence-corrected chi connectivity index (χ4v) is 9.03. The van der Waals surface area contributed by atoms with Crippen LogP contribution in [0.4, 0.5) is 0 Å². The van der Waals surface area contributed by atoms with Crippen molar-refractivity contribution in [1.82, 2.24) is 0 Å². The molecule has 2 aromatic rings. The third kappa shape index (κ3) is 21.4. The molecule has 0 fully saturated rings. The Hall–Kier alpha value is -2.44. The van der Waals surface area contributed by atoms with Gasteiger partial charge in [0.1, 0.15) is 0 Å². The Balaban J connectivity index is 2.09. The molecule has 5 nitrogen and oxygen atoms in total. The maximum atomic E-state index is 14.0. The first-order valence-electron chi connectivity index (χ1n) is 23.8. The Bertz CT molecular complexity index is 1280. The fourth-order valence-electron chi connectivity index (χ4n) is 7.94. The largest absolute Gasteiger partial charge is 0.455 e. The molecule has 6 heteroatoms. The molecule has 57 heavy (non-hydrogen) atoms. The molecule has 0 amide bonds. The Morgan fingerprint density at radius 1 is 0.456 bits per heavy atom. The van der Waals surface area contributed by atoms with Gasteiger partial charge in [0.25, 0.3) is 0 Å². The fraction of sp³-hybridized carbons (Fsp3) is 0.725. The van der Waals surface area contributed by atoms with Crippen LogP contribution in [0.5, 0.6) is 0 Å². The highest BCUT2D eigenvalue weighted by Crippen LogP contribution is 2.46. The molecule has 2 rings (SSSR count). The minimum Gasteiger partial charge on any atom is -0.455 e. The van der Waals surface area contributed by atoms with Crippen molar-refractivity contribution in [2.75, 3.05) is 6.61 Å². The third-order valence-electron chi connectivity index (χ3n) is 11.6. The lowest BCUT2D eigenvalue weighted by Gasteiger charge is -2.48. The lowest BCUT2D eigenvalue weighted by Crippen LogP contribution is -2.58. The monoisotopic (exact) mass is 807 g/mol. The Morgan fingerprint density at radius 3 is 1.12 bits per heavy atom. The zero-order chi connectivity index (χ0) is 41.5. The van der Waals surface area contributed by atoms with Crippen LogP contribution in [0.1, 0.15) is 226 Å². The van der Waals surface area contributed by atoms with Gasteiger partial charge in [-0.2, -0.15) is 0 Å². The van der Waals surface area contributed by atoms with E-state index in [9.17, 15) is 9.59 Å². The number of esters is 2. The van der Waals surface area contributed by atoms with Crippen molar-refractivity contribution in [2.45, 2.75) is 231 Å². The lowest BCUT2D eigenvalue weighted by molar-refractivity contribution is -0.222. The van der Waals surface area contributed by atoms with Crippen LogP contribution in [-0.2, 0) is 34.6 Å². The topological polar surface area (TPSA) is 61.8 Å². The van der Waals surface area contributed by atoms with E-state index >= 15 is 0 Å². The summed E-state index contributed by atoms with van der Waals surface area (Å²) in [5, 5.41) is -1.22. The number of rotatable bonds is 35. The van der Waals surface area contributed by atoms with Gasteiger partial charge in [0.2, 0.25) is 0 Å². The summed E-state index contributed by atoms with van der Waals surface area (Å²) >= 11 is 0. The number of unbranched alkanes of at least 4 members (excludes halogenated alkanes) is 24. The van der Waals surface area contributed by atoms with Crippen LogP contribution >= 0.6 is 0 Å². The van der Waals surface area contributed by atoms with Crippen LogP contribution in [0.15, 0.2) is 60.7 Å². The average Bonchev–Trinajstić information content (AvgIpc) is 3.20. The van der Waals surface area contributed by atoms with E-state index in [0.29, 0.717) is 23.1 Å². The molecule has 0 bridgehead atoms. The van der Waals surface area contributed by atoms with E-state index in [-0.39, 0.29) is 18.5 Å². The van der Waals surface area contributed by atoms with Crippen molar-refractivity contribution in [1.29, 1.82) is 0 Å². The highest BCUT2D eigenvalue weighted by Gasteiger charge is 2.57. The van der Waals surface area contributed by atoms with Crippen molar-refractivity contribution in [3.05, 3.63) is 71.8 Å². The molecular formula is C51H86O5Si. The summed E-state index contributed by atoms with van der Waals surface area (Å²) < 4.78 is 20.0. The van der Waals surface area contributed by atoms with E-state index in [4.69, 9.17) is 14.2 Å². The summed E-state index contributed by atoms with van der Waals surface area (Å²) in [6.45, 7) is 10.6. The first kappa shape index (κ1) is 50.7. The molecular weight excluding hydrogens is 721 g/mol. The number of benzene rings is 2. The zero-order valence-corrected chi connectivity index (χ0v) is 39.8. The van der Waals surface area contributed by atoms with Gasteiger partial charge in [-0.25, -0.2) is 0 Å².